The Kier molecular flexibility index (Phi) is 6.30. The third-order valence-electron chi connectivity index (χ3n) is 3.93. The first kappa shape index (κ1) is 17.8. The number of hydrogen-bond acceptors (Lipinski definition) is 8. The summed E-state index contributed by atoms with van der Waals surface area (Å²) in [4.78, 5) is 15.3. The minimum atomic E-state index is 0.351. The number of anilines is 1. The molecular formula is C17H23N5O2S. The predicted octanol–water partition coefficient (Wildman–Crippen LogP) is 1.85. The van der Waals surface area contributed by atoms with Crippen LogP contribution in [0.25, 0.3) is 0 Å². The quantitative estimate of drug-likeness (QED) is 0.592. The summed E-state index contributed by atoms with van der Waals surface area (Å²) in [6, 6.07) is 4.13. The van der Waals surface area contributed by atoms with E-state index in [2.05, 4.69) is 32.1 Å². The van der Waals surface area contributed by atoms with Crippen molar-refractivity contribution in [3.8, 4) is 11.6 Å². The average Bonchev–Trinajstić information content (AvgIpc) is 2.66. The van der Waals surface area contributed by atoms with Gasteiger partial charge in [0, 0.05) is 44.3 Å². The minimum absolute atomic E-state index is 0.351. The van der Waals surface area contributed by atoms with Crippen LogP contribution >= 0.6 is 11.8 Å². The second-order valence-corrected chi connectivity index (χ2v) is 6.43. The van der Waals surface area contributed by atoms with Crippen molar-refractivity contribution in [3.63, 3.8) is 0 Å². The number of aromatic nitrogens is 3. The van der Waals surface area contributed by atoms with Crippen molar-refractivity contribution < 1.29 is 9.47 Å². The Balaban J connectivity index is 1.58. The molecule has 1 unspecified atom stereocenters. The van der Waals surface area contributed by atoms with Crippen LogP contribution in [0.5, 0.6) is 11.6 Å². The third-order valence-corrected chi connectivity index (χ3v) is 4.62. The molecule has 0 amide bonds. The SMILES string of the molecule is CSc1ncccc1OCCOc1nccnc1N1CCNCC1C. The van der Waals surface area contributed by atoms with Gasteiger partial charge in [0.15, 0.2) is 11.6 Å². The second-order valence-electron chi connectivity index (χ2n) is 5.64. The summed E-state index contributed by atoms with van der Waals surface area (Å²) < 4.78 is 11.6. The zero-order valence-electron chi connectivity index (χ0n) is 14.5. The Morgan fingerprint density at radius 3 is 2.88 bits per heavy atom. The molecule has 0 radical (unpaired) electrons. The van der Waals surface area contributed by atoms with Gasteiger partial charge in [-0.05, 0) is 25.3 Å². The lowest BCUT2D eigenvalue weighted by Crippen LogP contribution is -2.50. The molecular weight excluding hydrogens is 338 g/mol. The molecule has 2 aromatic heterocycles. The number of piperazine rings is 1. The summed E-state index contributed by atoms with van der Waals surface area (Å²) in [5.41, 5.74) is 0. The zero-order valence-corrected chi connectivity index (χ0v) is 15.3. The van der Waals surface area contributed by atoms with Gasteiger partial charge in [-0.1, -0.05) is 0 Å². The van der Waals surface area contributed by atoms with Gasteiger partial charge in [-0.3, -0.25) is 0 Å². The Morgan fingerprint density at radius 1 is 1.20 bits per heavy atom. The highest BCUT2D eigenvalue weighted by Crippen LogP contribution is 2.26. The molecule has 134 valence electrons. The van der Waals surface area contributed by atoms with Gasteiger partial charge in [-0.25, -0.2) is 15.0 Å². The predicted molar refractivity (Wildman–Crippen MR) is 98.7 cm³/mol. The van der Waals surface area contributed by atoms with Crippen molar-refractivity contribution in [2.45, 2.75) is 18.0 Å². The number of ether oxygens (including phenoxy) is 2. The van der Waals surface area contributed by atoms with E-state index >= 15 is 0 Å². The molecule has 0 aliphatic carbocycles. The Hall–Kier alpha value is -2.06. The summed E-state index contributed by atoms with van der Waals surface area (Å²) >= 11 is 1.56. The molecule has 1 aliphatic heterocycles. The van der Waals surface area contributed by atoms with Crippen LogP contribution in [0.4, 0.5) is 5.82 Å². The highest BCUT2D eigenvalue weighted by molar-refractivity contribution is 7.98. The van der Waals surface area contributed by atoms with Gasteiger partial charge in [-0.15, -0.1) is 11.8 Å². The van der Waals surface area contributed by atoms with Crippen molar-refractivity contribution in [1.29, 1.82) is 0 Å². The zero-order chi connectivity index (χ0) is 17.5. The summed E-state index contributed by atoms with van der Waals surface area (Å²) in [5, 5.41) is 4.25. The normalized spacial score (nSPS) is 17.4. The third kappa shape index (κ3) is 4.52. The lowest BCUT2D eigenvalue weighted by atomic mass is 10.2. The Bertz CT molecular complexity index is 688. The van der Waals surface area contributed by atoms with Crippen LogP contribution in [0.3, 0.4) is 0 Å². The van der Waals surface area contributed by atoms with Gasteiger partial charge in [-0.2, -0.15) is 0 Å². The average molecular weight is 361 g/mol. The van der Waals surface area contributed by atoms with E-state index in [0.29, 0.717) is 25.1 Å². The van der Waals surface area contributed by atoms with Crippen LogP contribution in [0.1, 0.15) is 6.92 Å². The molecule has 0 spiro atoms. The smallest absolute Gasteiger partial charge is 0.257 e. The number of thioether (sulfide) groups is 1. The summed E-state index contributed by atoms with van der Waals surface area (Å²) in [6.07, 6.45) is 7.09. The van der Waals surface area contributed by atoms with E-state index in [-0.39, 0.29) is 0 Å². The highest BCUT2D eigenvalue weighted by atomic mass is 32.2. The van der Waals surface area contributed by atoms with Crippen LogP contribution in [0.2, 0.25) is 0 Å². The van der Waals surface area contributed by atoms with Crippen molar-refractivity contribution in [2.75, 3.05) is 44.0 Å². The molecule has 1 fully saturated rings. The number of rotatable bonds is 7. The number of pyridine rings is 1. The minimum Gasteiger partial charge on any atom is -0.487 e. The van der Waals surface area contributed by atoms with Gasteiger partial charge in [0.2, 0.25) is 0 Å². The maximum Gasteiger partial charge on any atom is 0.257 e. The fraction of sp³-hybridized carbons (Fsp3) is 0.471. The first-order valence-electron chi connectivity index (χ1n) is 8.32. The van der Waals surface area contributed by atoms with Crippen LogP contribution in [0.15, 0.2) is 35.7 Å². The largest absolute Gasteiger partial charge is 0.487 e. The number of nitrogens with zero attached hydrogens (tertiary/aromatic N) is 4. The van der Waals surface area contributed by atoms with Gasteiger partial charge in [0.1, 0.15) is 18.2 Å². The molecule has 25 heavy (non-hydrogen) atoms. The molecule has 1 aliphatic rings. The lowest BCUT2D eigenvalue weighted by molar-refractivity contribution is 0.207. The first-order valence-corrected chi connectivity index (χ1v) is 9.55. The van der Waals surface area contributed by atoms with E-state index in [1.165, 1.54) is 0 Å². The summed E-state index contributed by atoms with van der Waals surface area (Å²) in [6.45, 7) is 5.74. The maximum atomic E-state index is 5.85. The molecule has 3 heterocycles. The fourth-order valence-electron chi connectivity index (χ4n) is 2.70. The Labute approximate surface area is 152 Å². The van der Waals surface area contributed by atoms with Crippen molar-refractivity contribution in [2.24, 2.45) is 0 Å². The number of hydrogen-bond donors (Lipinski definition) is 1. The molecule has 0 bridgehead atoms. The van der Waals surface area contributed by atoms with Crippen LogP contribution < -0.4 is 19.7 Å². The molecule has 1 saturated heterocycles. The molecule has 0 aromatic carbocycles. The molecule has 7 nitrogen and oxygen atoms in total. The van der Waals surface area contributed by atoms with Gasteiger partial charge in [0.25, 0.3) is 5.88 Å². The highest BCUT2D eigenvalue weighted by Gasteiger charge is 2.23. The summed E-state index contributed by atoms with van der Waals surface area (Å²) in [7, 11) is 0. The first-order chi connectivity index (χ1) is 12.3. The van der Waals surface area contributed by atoms with Crippen LogP contribution in [-0.4, -0.2) is 60.1 Å². The molecule has 0 saturated carbocycles. The van der Waals surface area contributed by atoms with E-state index < -0.39 is 0 Å². The molecule has 2 aromatic rings. The van der Waals surface area contributed by atoms with E-state index in [0.717, 1.165) is 36.2 Å². The maximum absolute atomic E-state index is 5.85. The van der Waals surface area contributed by atoms with Crippen molar-refractivity contribution in [3.05, 3.63) is 30.7 Å². The van der Waals surface area contributed by atoms with Crippen molar-refractivity contribution >= 4 is 17.6 Å². The van der Waals surface area contributed by atoms with Crippen LogP contribution in [0, 0.1) is 0 Å². The Morgan fingerprint density at radius 2 is 2.04 bits per heavy atom. The van der Waals surface area contributed by atoms with E-state index in [4.69, 9.17) is 9.47 Å². The van der Waals surface area contributed by atoms with E-state index in [1.807, 2.05) is 18.4 Å². The topological polar surface area (TPSA) is 72.4 Å². The van der Waals surface area contributed by atoms with E-state index in [9.17, 15) is 0 Å². The number of nitrogens with one attached hydrogen (secondary N) is 1. The lowest BCUT2D eigenvalue weighted by Gasteiger charge is -2.35. The van der Waals surface area contributed by atoms with Gasteiger partial charge in [0.05, 0.1) is 0 Å². The summed E-state index contributed by atoms with van der Waals surface area (Å²) in [5.74, 6) is 2.12. The van der Waals surface area contributed by atoms with Gasteiger partial charge >= 0.3 is 0 Å². The standard InChI is InChI=1S/C17H23N5O2S/c1-13-12-18-8-9-22(13)15-16(20-7-6-19-15)24-11-10-23-14-4-3-5-21-17(14)25-2/h3-7,13,18H,8-12H2,1-2H3. The van der Waals surface area contributed by atoms with Crippen LogP contribution in [-0.2, 0) is 0 Å². The van der Waals surface area contributed by atoms with Gasteiger partial charge < -0.3 is 19.7 Å². The monoisotopic (exact) mass is 361 g/mol. The molecule has 1 N–H and O–H groups in total. The molecule has 8 heteroatoms. The molecule has 3 rings (SSSR count). The molecule has 1 atom stereocenters. The van der Waals surface area contributed by atoms with E-state index in [1.54, 1.807) is 30.4 Å². The second kappa shape index (κ2) is 8.87. The van der Waals surface area contributed by atoms with Crippen molar-refractivity contribution in [1.82, 2.24) is 20.3 Å². The fourth-order valence-corrected chi connectivity index (χ4v) is 3.20.